The Balaban J connectivity index is 1.88. The van der Waals surface area contributed by atoms with E-state index in [1.165, 1.54) is 0 Å². The van der Waals surface area contributed by atoms with Crippen molar-refractivity contribution in [3.63, 3.8) is 0 Å². The lowest BCUT2D eigenvalue weighted by Gasteiger charge is -2.12. The van der Waals surface area contributed by atoms with Crippen LogP contribution in [-0.2, 0) is 13.6 Å². The van der Waals surface area contributed by atoms with Crippen LogP contribution >= 0.6 is 0 Å². The lowest BCUT2D eigenvalue weighted by molar-refractivity contribution is 0.208. The number of ether oxygens (including phenoxy) is 1. The van der Waals surface area contributed by atoms with Gasteiger partial charge in [0.2, 0.25) is 5.95 Å². The zero-order valence-electron chi connectivity index (χ0n) is 14.9. The van der Waals surface area contributed by atoms with Crippen LogP contribution in [0.2, 0.25) is 0 Å². The highest BCUT2D eigenvalue weighted by molar-refractivity contribution is 5.84. The maximum atomic E-state index is 10.0. The smallest absolute Gasteiger partial charge is 0.226 e. The van der Waals surface area contributed by atoms with Crippen molar-refractivity contribution in [2.75, 3.05) is 24.3 Å². The number of rotatable bonds is 7. The first kappa shape index (κ1) is 17.7. The summed E-state index contributed by atoms with van der Waals surface area (Å²) in [6.45, 7) is 2.35. The number of aliphatic hydroxyl groups is 1. The largest absolute Gasteiger partial charge is 0.508 e. The van der Waals surface area contributed by atoms with Gasteiger partial charge in [-0.1, -0.05) is 0 Å². The van der Waals surface area contributed by atoms with E-state index in [1.54, 1.807) is 43.1 Å². The zero-order valence-corrected chi connectivity index (χ0v) is 14.9. The van der Waals surface area contributed by atoms with Gasteiger partial charge in [-0.2, -0.15) is 9.97 Å². The molecule has 0 saturated carbocycles. The van der Waals surface area contributed by atoms with E-state index in [1.807, 2.05) is 7.05 Å². The highest BCUT2D eigenvalue weighted by atomic mass is 16.5. The van der Waals surface area contributed by atoms with Gasteiger partial charge in [0.25, 0.3) is 0 Å². The molecule has 9 nitrogen and oxygen atoms in total. The second kappa shape index (κ2) is 7.44. The van der Waals surface area contributed by atoms with Crippen LogP contribution < -0.4 is 15.4 Å². The standard InChI is InChI=1S/C17H22N6O3/c1-10(24)7-19-17-21-15(14-16(22-17)23(2)9-20-14)18-8-11-6-12(26-3)4-5-13(11)25/h4-6,9-10,24-25H,7-8H2,1-3H3,(H2,18,19,21,22). The minimum atomic E-state index is -0.522. The van der Waals surface area contributed by atoms with Gasteiger partial charge in [0, 0.05) is 25.7 Å². The van der Waals surface area contributed by atoms with Gasteiger partial charge >= 0.3 is 0 Å². The Morgan fingerprint density at radius 2 is 2.08 bits per heavy atom. The Labute approximate surface area is 150 Å². The lowest BCUT2D eigenvalue weighted by Crippen LogP contribution is -2.17. The van der Waals surface area contributed by atoms with Gasteiger partial charge < -0.3 is 30.2 Å². The number of aromatic nitrogens is 4. The van der Waals surface area contributed by atoms with Crippen molar-refractivity contribution < 1.29 is 14.9 Å². The van der Waals surface area contributed by atoms with E-state index in [9.17, 15) is 10.2 Å². The first-order valence-electron chi connectivity index (χ1n) is 8.18. The molecule has 26 heavy (non-hydrogen) atoms. The van der Waals surface area contributed by atoms with Gasteiger partial charge in [0.1, 0.15) is 11.5 Å². The molecular weight excluding hydrogens is 336 g/mol. The third-order valence-corrected chi connectivity index (χ3v) is 3.85. The topological polar surface area (TPSA) is 117 Å². The molecule has 3 rings (SSSR count). The van der Waals surface area contributed by atoms with E-state index in [2.05, 4.69) is 25.6 Å². The van der Waals surface area contributed by atoms with Crippen LogP contribution in [-0.4, -0.2) is 49.5 Å². The number of phenols is 1. The van der Waals surface area contributed by atoms with Gasteiger partial charge in [-0.25, -0.2) is 4.98 Å². The molecular formula is C17H22N6O3. The third-order valence-electron chi connectivity index (χ3n) is 3.85. The Bertz CT molecular complexity index is 909. The minimum Gasteiger partial charge on any atom is -0.508 e. The zero-order chi connectivity index (χ0) is 18.7. The molecule has 1 unspecified atom stereocenters. The second-order valence-electron chi connectivity index (χ2n) is 6.00. The van der Waals surface area contributed by atoms with Crippen LogP contribution in [0.3, 0.4) is 0 Å². The number of anilines is 2. The van der Waals surface area contributed by atoms with Gasteiger partial charge in [-0.05, 0) is 25.1 Å². The monoisotopic (exact) mass is 358 g/mol. The summed E-state index contributed by atoms with van der Waals surface area (Å²) in [5, 5.41) is 25.7. The Morgan fingerprint density at radius 3 is 2.81 bits per heavy atom. The van der Waals surface area contributed by atoms with Gasteiger partial charge in [-0.15, -0.1) is 0 Å². The van der Waals surface area contributed by atoms with Gasteiger partial charge in [0.05, 0.1) is 19.5 Å². The number of hydrogen-bond acceptors (Lipinski definition) is 8. The normalized spacial score (nSPS) is 12.2. The molecule has 3 aromatic rings. The SMILES string of the molecule is COc1ccc(O)c(CNc2nc(NCC(C)O)nc3c2ncn3C)c1. The molecule has 0 aliphatic heterocycles. The molecule has 0 saturated heterocycles. The van der Waals surface area contributed by atoms with Crippen LogP contribution in [0.4, 0.5) is 11.8 Å². The van der Waals surface area contributed by atoms with E-state index in [4.69, 9.17) is 4.74 Å². The van der Waals surface area contributed by atoms with E-state index in [0.29, 0.717) is 47.3 Å². The molecule has 0 aliphatic carbocycles. The van der Waals surface area contributed by atoms with Crippen LogP contribution in [0.25, 0.3) is 11.2 Å². The average molecular weight is 358 g/mol. The summed E-state index contributed by atoms with van der Waals surface area (Å²) in [6.07, 6.45) is 1.14. The number of aryl methyl sites for hydroxylation is 1. The first-order chi connectivity index (χ1) is 12.5. The van der Waals surface area contributed by atoms with Crippen LogP contribution in [0.1, 0.15) is 12.5 Å². The molecule has 1 aromatic carbocycles. The summed E-state index contributed by atoms with van der Waals surface area (Å²) in [4.78, 5) is 13.2. The van der Waals surface area contributed by atoms with Crippen molar-refractivity contribution in [3.8, 4) is 11.5 Å². The molecule has 138 valence electrons. The van der Waals surface area contributed by atoms with E-state index >= 15 is 0 Å². The number of nitrogens with zero attached hydrogens (tertiary/aromatic N) is 4. The fourth-order valence-corrected chi connectivity index (χ4v) is 2.46. The van der Waals surface area contributed by atoms with Crippen molar-refractivity contribution in [1.82, 2.24) is 19.5 Å². The molecule has 2 heterocycles. The molecule has 0 spiro atoms. The number of phenolic OH excluding ortho intramolecular Hbond substituents is 1. The number of nitrogens with one attached hydrogen (secondary N) is 2. The van der Waals surface area contributed by atoms with Gasteiger partial charge in [0.15, 0.2) is 17.0 Å². The van der Waals surface area contributed by atoms with Crippen LogP contribution in [0.5, 0.6) is 11.5 Å². The number of fused-ring (bicyclic) bond motifs is 1. The second-order valence-corrected chi connectivity index (χ2v) is 6.00. The van der Waals surface area contributed by atoms with Crippen LogP contribution in [0, 0.1) is 0 Å². The summed E-state index contributed by atoms with van der Waals surface area (Å²) in [5.41, 5.74) is 1.95. The highest BCUT2D eigenvalue weighted by Crippen LogP contribution is 2.25. The van der Waals surface area contributed by atoms with Crippen LogP contribution in [0.15, 0.2) is 24.5 Å². The number of benzene rings is 1. The molecule has 0 fully saturated rings. The average Bonchev–Trinajstić information content (AvgIpc) is 3.00. The Kier molecular flexibility index (Phi) is 5.08. The summed E-state index contributed by atoms with van der Waals surface area (Å²) >= 11 is 0. The predicted octanol–water partition coefficient (Wildman–Crippen LogP) is 1.48. The Hall–Kier alpha value is -3.07. The summed E-state index contributed by atoms with van der Waals surface area (Å²) in [5.74, 6) is 1.74. The van der Waals surface area contributed by atoms with Crippen molar-refractivity contribution in [3.05, 3.63) is 30.1 Å². The minimum absolute atomic E-state index is 0.164. The van der Waals surface area contributed by atoms with Crippen molar-refractivity contribution in [2.24, 2.45) is 7.05 Å². The maximum Gasteiger partial charge on any atom is 0.226 e. The molecule has 1 atom stereocenters. The third kappa shape index (κ3) is 3.77. The quantitative estimate of drug-likeness (QED) is 0.502. The fourth-order valence-electron chi connectivity index (χ4n) is 2.46. The van der Waals surface area contributed by atoms with Gasteiger partial charge in [-0.3, -0.25) is 0 Å². The molecule has 0 bridgehead atoms. The van der Waals surface area contributed by atoms with Crippen molar-refractivity contribution in [2.45, 2.75) is 19.6 Å². The van der Waals surface area contributed by atoms with Crippen molar-refractivity contribution in [1.29, 1.82) is 0 Å². The number of hydrogen-bond donors (Lipinski definition) is 4. The molecule has 4 N–H and O–H groups in total. The molecule has 0 radical (unpaired) electrons. The fraction of sp³-hybridized carbons (Fsp3) is 0.353. The first-order valence-corrected chi connectivity index (χ1v) is 8.18. The van der Waals surface area contributed by atoms with E-state index in [-0.39, 0.29) is 5.75 Å². The molecule has 9 heteroatoms. The molecule has 0 amide bonds. The molecule has 0 aliphatic rings. The number of aromatic hydroxyl groups is 1. The Morgan fingerprint density at radius 1 is 1.27 bits per heavy atom. The van der Waals surface area contributed by atoms with Crippen molar-refractivity contribution >= 4 is 22.9 Å². The summed E-state index contributed by atoms with van der Waals surface area (Å²) in [7, 11) is 3.42. The lowest BCUT2D eigenvalue weighted by atomic mass is 10.2. The summed E-state index contributed by atoms with van der Waals surface area (Å²) in [6, 6.07) is 5.03. The summed E-state index contributed by atoms with van der Waals surface area (Å²) < 4.78 is 6.99. The maximum absolute atomic E-state index is 10.0. The number of aliphatic hydroxyl groups excluding tert-OH is 1. The number of imidazole rings is 1. The molecule has 2 aromatic heterocycles. The van der Waals surface area contributed by atoms with E-state index < -0.39 is 6.10 Å². The van der Waals surface area contributed by atoms with E-state index in [0.717, 1.165) is 0 Å². The highest BCUT2D eigenvalue weighted by Gasteiger charge is 2.13. The number of methoxy groups -OCH3 is 1. The predicted molar refractivity (Wildman–Crippen MR) is 98.5 cm³/mol.